The summed E-state index contributed by atoms with van der Waals surface area (Å²) in [5.41, 5.74) is 2.34. The molecule has 1 aromatic carbocycles. The number of hydrogen-bond acceptors (Lipinski definition) is 6. The first-order chi connectivity index (χ1) is 13.8. The second kappa shape index (κ2) is 9.24. The van der Waals surface area contributed by atoms with E-state index in [4.69, 9.17) is 0 Å². The van der Waals surface area contributed by atoms with Crippen molar-refractivity contribution in [3.63, 3.8) is 0 Å². The van der Waals surface area contributed by atoms with Gasteiger partial charge in [-0.1, -0.05) is 25.7 Å². The van der Waals surface area contributed by atoms with Crippen molar-refractivity contribution in [2.75, 3.05) is 48.8 Å². The zero-order valence-electron chi connectivity index (χ0n) is 16.9. The normalized spacial score (nSPS) is 19.2. The molecule has 28 heavy (non-hydrogen) atoms. The summed E-state index contributed by atoms with van der Waals surface area (Å²) in [7, 11) is 2.19. The lowest BCUT2D eigenvalue weighted by atomic mass is 10.1. The molecule has 6 heteroatoms. The molecule has 1 saturated carbocycles. The Morgan fingerprint density at radius 2 is 1.61 bits per heavy atom. The van der Waals surface area contributed by atoms with Crippen LogP contribution in [0.25, 0.3) is 0 Å². The minimum Gasteiger partial charge on any atom is -0.369 e. The fraction of sp³-hybridized carbons (Fsp3) is 0.545. The molecule has 1 aromatic heterocycles. The Labute approximate surface area is 168 Å². The van der Waals surface area contributed by atoms with E-state index in [1.807, 2.05) is 12.3 Å². The fourth-order valence-electron chi connectivity index (χ4n) is 4.07. The molecule has 2 heterocycles. The Morgan fingerprint density at radius 1 is 0.893 bits per heavy atom. The number of hydrogen-bond donors (Lipinski definition) is 2. The molecule has 1 aliphatic carbocycles. The van der Waals surface area contributed by atoms with E-state index in [2.05, 4.69) is 61.7 Å². The van der Waals surface area contributed by atoms with Crippen molar-refractivity contribution in [3.05, 3.63) is 36.5 Å². The average molecular weight is 381 g/mol. The maximum absolute atomic E-state index is 4.66. The van der Waals surface area contributed by atoms with E-state index in [-0.39, 0.29) is 0 Å². The van der Waals surface area contributed by atoms with Crippen molar-refractivity contribution in [1.29, 1.82) is 0 Å². The molecule has 0 unspecified atom stereocenters. The Hall–Kier alpha value is -2.34. The Bertz CT molecular complexity index is 731. The Morgan fingerprint density at radius 3 is 2.32 bits per heavy atom. The van der Waals surface area contributed by atoms with Crippen molar-refractivity contribution in [2.45, 2.75) is 44.6 Å². The van der Waals surface area contributed by atoms with Crippen LogP contribution in [0.1, 0.15) is 38.5 Å². The molecule has 0 amide bonds. The van der Waals surface area contributed by atoms with Gasteiger partial charge in [-0.2, -0.15) is 4.98 Å². The lowest BCUT2D eigenvalue weighted by molar-refractivity contribution is 0.313. The summed E-state index contributed by atoms with van der Waals surface area (Å²) >= 11 is 0. The number of piperazine rings is 1. The van der Waals surface area contributed by atoms with E-state index < -0.39 is 0 Å². The third kappa shape index (κ3) is 5.13. The number of aromatic nitrogens is 2. The van der Waals surface area contributed by atoms with Crippen molar-refractivity contribution >= 4 is 23.1 Å². The average Bonchev–Trinajstić information content (AvgIpc) is 2.98. The summed E-state index contributed by atoms with van der Waals surface area (Å²) in [6, 6.07) is 11.1. The molecule has 1 aliphatic heterocycles. The molecule has 2 N–H and O–H groups in total. The van der Waals surface area contributed by atoms with Gasteiger partial charge in [-0.15, -0.1) is 0 Å². The Kier molecular flexibility index (Phi) is 6.27. The van der Waals surface area contributed by atoms with Crippen LogP contribution in [0.5, 0.6) is 0 Å². The third-order valence-corrected chi connectivity index (χ3v) is 5.85. The highest BCUT2D eigenvalue weighted by Crippen LogP contribution is 2.23. The molecule has 0 spiro atoms. The van der Waals surface area contributed by atoms with Crippen LogP contribution in [-0.4, -0.2) is 54.1 Å². The lowest BCUT2D eigenvalue weighted by Gasteiger charge is -2.34. The third-order valence-electron chi connectivity index (χ3n) is 5.85. The number of benzene rings is 1. The number of anilines is 4. The van der Waals surface area contributed by atoms with E-state index in [1.54, 1.807) is 0 Å². The van der Waals surface area contributed by atoms with Crippen LogP contribution < -0.4 is 15.5 Å². The maximum Gasteiger partial charge on any atom is 0.224 e. The molecule has 0 bridgehead atoms. The van der Waals surface area contributed by atoms with Crippen LogP contribution in [-0.2, 0) is 0 Å². The zero-order valence-corrected chi connectivity index (χ0v) is 16.9. The summed E-state index contributed by atoms with van der Waals surface area (Å²) in [6.07, 6.45) is 9.57. The van der Waals surface area contributed by atoms with Crippen LogP contribution in [0.3, 0.4) is 0 Å². The van der Waals surface area contributed by atoms with Crippen molar-refractivity contribution < 1.29 is 0 Å². The van der Waals surface area contributed by atoms with Gasteiger partial charge in [-0.3, -0.25) is 0 Å². The minimum atomic E-state index is 0.501. The molecule has 0 atom stereocenters. The van der Waals surface area contributed by atoms with E-state index in [0.29, 0.717) is 6.04 Å². The smallest absolute Gasteiger partial charge is 0.224 e. The van der Waals surface area contributed by atoms with Crippen LogP contribution in [0.4, 0.5) is 23.1 Å². The second-order valence-corrected chi connectivity index (χ2v) is 8.06. The van der Waals surface area contributed by atoms with Gasteiger partial charge in [0.05, 0.1) is 0 Å². The zero-order chi connectivity index (χ0) is 19.2. The van der Waals surface area contributed by atoms with Gasteiger partial charge in [0.25, 0.3) is 0 Å². The number of nitrogens with zero attached hydrogens (tertiary/aromatic N) is 4. The first-order valence-corrected chi connectivity index (χ1v) is 10.7. The van der Waals surface area contributed by atoms with Crippen molar-refractivity contribution in [3.8, 4) is 0 Å². The monoisotopic (exact) mass is 380 g/mol. The fourth-order valence-corrected chi connectivity index (χ4v) is 4.07. The highest BCUT2D eigenvalue weighted by Gasteiger charge is 2.15. The molecule has 2 aliphatic rings. The SMILES string of the molecule is CN1CCN(c2ccc(Nc3ccnc(NC4CCCCCC4)n3)cc2)CC1. The van der Waals surface area contributed by atoms with Gasteiger partial charge in [0.2, 0.25) is 5.95 Å². The molecular weight excluding hydrogens is 348 g/mol. The van der Waals surface area contributed by atoms with E-state index in [9.17, 15) is 0 Å². The van der Waals surface area contributed by atoms with Crippen LogP contribution in [0.2, 0.25) is 0 Å². The van der Waals surface area contributed by atoms with Crippen LogP contribution in [0, 0.1) is 0 Å². The predicted octanol–water partition coefficient (Wildman–Crippen LogP) is 4.11. The predicted molar refractivity (Wildman–Crippen MR) is 117 cm³/mol. The second-order valence-electron chi connectivity index (χ2n) is 8.06. The van der Waals surface area contributed by atoms with E-state index in [0.717, 1.165) is 43.6 Å². The minimum absolute atomic E-state index is 0.501. The maximum atomic E-state index is 4.66. The molecule has 0 radical (unpaired) electrons. The quantitative estimate of drug-likeness (QED) is 0.762. The highest BCUT2D eigenvalue weighted by molar-refractivity contribution is 5.61. The van der Waals surface area contributed by atoms with Crippen LogP contribution >= 0.6 is 0 Å². The van der Waals surface area contributed by atoms with Crippen molar-refractivity contribution in [2.24, 2.45) is 0 Å². The summed E-state index contributed by atoms with van der Waals surface area (Å²) in [4.78, 5) is 13.9. The van der Waals surface area contributed by atoms with Gasteiger partial charge in [0.15, 0.2) is 0 Å². The lowest BCUT2D eigenvalue weighted by Crippen LogP contribution is -2.44. The van der Waals surface area contributed by atoms with Gasteiger partial charge in [-0.05, 0) is 50.2 Å². The summed E-state index contributed by atoms with van der Waals surface area (Å²) in [6.45, 7) is 4.42. The van der Waals surface area contributed by atoms with Gasteiger partial charge < -0.3 is 20.4 Å². The number of nitrogens with one attached hydrogen (secondary N) is 2. The van der Waals surface area contributed by atoms with Gasteiger partial charge in [0.1, 0.15) is 5.82 Å². The van der Waals surface area contributed by atoms with Crippen LogP contribution in [0.15, 0.2) is 36.5 Å². The van der Waals surface area contributed by atoms with Gasteiger partial charge in [-0.25, -0.2) is 4.98 Å². The Balaban J connectivity index is 1.36. The summed E-state index contributed by atoms with van der Waals surface area (Å²) < 4.78 is 0. The van der Waals surface area contributed by atoms with Gasteiger partial charge >= 0.3 is 0 Å². The molecular formula is C22H32N6. The van der Waals surface area contributed by atoms with E-state index in [1.165, 1.54) is 44.2 Å². The number of rotatable bonds is 5. The standard InChI is InChI=1S/C22H32N6/c1-27-14-16-28(17-15-27)20-10-8-19(9-11-20)24-21-12-13-23-22(26-21)25-18-6-4-2-3-5-7-18/h8-13,18H,2-7,14-17H2,1H3,(H2,23,24,25,26). The highest BCUT2D eigenvalue weighted by atomic mass is 15.2. The summed E-state index contributed by atoms with van der Waals surface area (Å²) in [5.74, 6) is 1.56. The molecule has 4 rings (SSSR count). The first-order valence-electron chi connectivity index (χ1n) is 10.7. The largest absolute Gasteiger partial charge is 0.369 e. The molecule has 2 fully saturated rings. The summed E-state index contributed by atoms with van der Waals surface area (Å²) in [5, 5.41) is 6.94. The van der Waals surface area contributed by atoms with Crippen molar-refractivity contribution in [1.82, 2.24) is 14.9 Å². The number of likely N-dealkylation sites (N-methyl/N-ethyl adjacent to an activating group) is 1. The molecule has 6 nitrogen and oxygen atoms in total. The molecule has 150 valence electrons. The molecule has 1 saturated heterocycles. The molecule has 2 aromatic rings. The van der Waals surface area contributed by atoms with E-state index >= 15 is 0 Å². The van der Waals surface area contributed by atoms with Gasteiger partial charge in [0, 0.05) is 49.8 Å². The first kappa shape index (κ1) is 19.0. The topological polar surface area (TPSA) is 56.3 Å².